The molecule has 2 rings (SSSR count). The van der Waals surface area contributed by atoms with Crippen molar-refractivity contribution < 1.29 is 9.53 Å². The number of rotatable bonds is 4. The number of hydrogen-bond acceptors (Lipinski definition) is 4. The van der Waals surface area contributed by atoms with E-state index in [9.17, 15) is 4.79 Å². The Morgan fingerprint density at radius 3 is 2.52 bits per heavy atom. The second kappa shape index (κ2) is 8.64. The summed E-state index contributed by atoms with van der Waals surface area (Å²) in [5.74, 6) is 0.619. The lowest BCUT2D eigenvalue weighted by Crippen LogP contribution is -2.51. The highest BCUT2D eigenvalue weighted by atomic mass is 32.1. The van der Waals surface area contributed by atoms with Gasteiger partial charge in [0.25, 0.3) is 0 Å². The number of carbonyl (C=O) groups excluding carboxylic acids is 1. The van der Waals surface area contributed by atoms with E-state index >= 15 is 0 Å². The summed E-state index contributed by atoms with van der Waals surface area (Å²) in [6.45, 7) is 6.19. The first-order valence-corrected chi connectivity index (χ1v) is 8.18. The van der Waals surface area contributed by atoms with Crippen LogP contribution in [-0.2, 0) is 4.79 Å². The fourth-order valence-corrected chi connectivity index (χ4v) is 2.53. The lowest BCUT2D eigenvalue weighted by atomic mass is 10.2. The van der Waals surface area contributed by atoms with E-state index < -0.39 is 0 Å². The van der Waals surface area contributed by atoms with Gasteiger partial charge in [-0.2, -0.15) is 0 Å². The number of ether oxygens (including phenoxy) is 1. The van der Waals surface area contributed by atoms with Gasteiger partial charge in [-0.05, 0) is 50.0 Å². The van der Waals surface area contributed by atoms with Crippen molar-refractivity contribution in [3.8, 4) is 5.75 Å². The van der Waals surface area contributed by atoms with Crippen LogP contribution in [0.5, 0.6) is 5.75 Å². The third kappa shape index (κ3) is 5.65. The van der Waals surface area contributed by atoms with Gasteiger partial charge in [0.2, 0.25) is 5.91 Å². The topological polar surface area (TPSA) is 44.8 Å². The predicted octanol–water partition coefficient (Wildman–Crippen LogP) is 1.75. The molecule has 1 aliphatic rings. The Bertz CT molecular complexity index is 564. The minimum atomic E-state index is -0.206. The first kappa shape index (κ1) is 17.4. The summed E-state index contributed by atoms with van der Waals surface area (Å²) in [5.41, 5.74) is 0.939. The van der Waals surface area contributed by atoms with E-state index in [4.69, 9.17) is 17.0 Å². The number of nitrogens with zero attached hydrogens (tertiary/aromatic N) is 2. The maximum atomic E-state index is 12.0. The van der Waals surface area contributed by atoms with E-state index in [-0.39, 0.29) is 5.91 Å². The molecule has 124 valence electrons. The molecule has 0 unspecified atom stereocenters. The standard InChI is InChI=1S/C17H23N3O2S/c1-3-22-15-7-4-14(5-8-15)6-9-16(21)18-17(23)20-12-10-19(2)11-13-20/h4-9H,3,10-13H2,1-2H3,(H,18,21,23)/b9-6+. The van der Waals surface area contributed by atoms with Crippen LogP contribution < -0.4 is 10.1 Å². The third-order valence-corrected chi connectivity index (χ3v) is 4.00. The zero-order chi connectivity index (χ0) is 16.7. The summed E-state index contributed by atoms with van der Waals surface area (Å²) in [4.78, 5) is 16.2. The molecule has 0 aliphatic carbocycles. The molecule has 23 heavy (non-hydrogen) atoms. The number of benzene rings is 1. The fourth-order valence-electron chi connectivity index (χ4n) is 2.25. The molecule has 0 saturated carbocycles. The Kier molecular flexibility index (Phi) is 6.55. The highest BCUT2D eigenvalue weighted by Gasteiger charge is 2.16. The van der Waals surface area contributed by atoms with Gasteiger partial charge >= 0.3 is 0 Å². The van der Waals surface area contributed by atoms with Crippen molar-refractivity contribution in [1.29, 1.82) is 0 Å². The lowest BCUT2D eigenvalue weighted by Gasteiger charge is -2.33. The maximum absolute atomic E-state index is 12.0. The van der Waals surface area contributed by atoms with Crippen molar-refractivity contribution in [1.82, 2.24) is 15.1 Å². The number of thiocarbonyl (C=S) groups is 1. The SMILES string of the molecule is CCOc1ccc(/C=C/C(=O)NC(=S)N2CCN(C)CC2)cc1. The molecule has 1 heterocycles. The molecular formula is C17H23N3O2S. The molecule has 1 fully saturated rings. The van der Waals surface area contributed by atoms with Gasteiger partial charge in [0.05, 0.1) is 6.61 Å². The Hall–Kier alpha value is -1.92. The van der Waals surface area contributed by atoms with Crippen LogP contribution in [0.4, 0.5) is 0 Å². The van der Waals surface area contributed by atoms with E-state index in [1.807, 2.05) is 36.1 Å². The minimum absolute atomic E-state index is 0.206. The summed E-state index contributed by atoms with van der Waals surface area (Å²) in [7, 11) is 2.08. The molecule has 0 spiro atoms. The van der Waals surface area contributed by atoms with Gasteiger partial charge in [-0.1, -0.05) is 12.1 Å². The molecule has 0 bridgehead atoms. The van der Waals surface area contributed by atoms with Crippen molar-refractivity contribution in [2.75, 3.05) is 39.8 Å². The van der Waals surface area contributed by atoms with E-state index in [1.165, 1.54) is 6.08 Å². The van der Waals surface area contributed by atoms with Gasteiger partial charge in [0, 0.05) is 32.3 Å². The van der Waals surface area contributed by atoms with Crippen LogP contribution in [0.25, 0.3) is 6.08 Å². The van der Waals surface area contributed by atoms with Gasteiger partial charge in [0.15, 0.2) is 5.11 Å². The van der Waals surface area contributed by atoms with E-state index in [2.05, 4.69) is 17.3 Å². The Labute approximate surface area is 142 Å². The molecule has 1 aliphatic heterocycles. The van der Waals surface area contributed by atoms with Crippen molar-refractivity contribution >= 4 is 29.3 Å². The quantitative estimate of drug-likeness (QED) is 0.672. The number of carbonyl (C=O) groups is 1. The van der Waals surface area contributed by atoms with Crippen molar-refractivity contribution in [2.24, 2.45) is 0 Å². The van der Waals surface area contributed by atoms with Crippen LogP contribution in [0.15, 0.2) is 30.3 Å². The molecular weight excluding hydrogens is 310 g/mol. The number of amides is 1. The van der Waals surface area contributed by atoms with Crippen LogP contribution in [0.3, 0.4) is 0 Å². The summed E-state index contributed by atoms with van der Waals surface area (Å²) >= 11 is 5.29. The van der Waals surface area contributed by atoms with Crippen molar-refractivity contribution in [3.05, 3.63) is 35.9 Å². The highest BCUT2D eigenvalue weighted by molar-refractivity contribution is 7.80. The zero-order valence-corrected chi connectivity index (χ0v) is 14.4. The molecule has 0 aromatic heterocycles. The highest BCUT2D eigenvalue weighted by Crippen LogP contribution is 2.12. The lowest BCUT2D eigenvalue weighted by molar-refractivity contribution is -0.115. The number of piperazine rings is 1. The molecule has 1 aromatic carbocycles. The molecule has 0 radical (unpaired) electrons. The molecule has 5 nitrogen and oxygen atoms in total. The molecule has 6 heteroatoms. The number of likely N-dealkylation sites (N-methyl/N-ethyl adjacent to an activating group) is 1. The van der Waals surface area contributed by atoms with Crippen LogP contribution in [0.1, 0.15) is 12.5 Å². The second-order valence-corrected chi connectivity index (χ2v) is 5.81. The van der Waals surface area contributed by atoms with E-state index in [0.29, 0.717) is 11.7 Å². The molecule has 1 N–H and O–H groups in total. The van der Waals surface area contributed by atoms with E-state index in [1.54, 1.807) is 6.08 Å². The predicted molar refractivity (Wildman–Crippen MR) is 96.5 cm³/mol. The number of nitrogens with one attached hydrogen (secondary N) is 1. The van der Waals surface area contributed by atoms with Crippen LogP contribution in [0.2, 0.25) is 0 Å². The molecule has 1 saturated heterocycles. The first-order valence-electron chi connectivity index (χ1n) is 7.78. The summed E-state index contributed by atoms with van der Waals surface area (Å²) < 4.78 is 5.38. The van der Waals surface area contributed by atoms with Gasteiger partial charge in [-0.15, -0.1) is 0 Å². The number of hydrogen-bond donors (Lipinski definition) is 1. The van der Waals surface area contributed by atoms with E-state index in [0.717, 1.165) is 37.5 Å². The van der Waals surface area contributed by atoms with Gasteiger partial charge in [0.1, 0.15) is 5.75 Å². The van der Waals surface area contributed by atoms with Crippen LogP contribution >= 0.6 is 12.2 Å². The minimum Gasteiger partial charge on any atom is -0.494 e. The monoisotopic (exact) mass is 333 g/mol. The van der Waals surface area contributed by atoms with Crippen LogP contribution in [0, 0.1) is 0 Å². The average molecular weight is 333 g/mol. The maximum Gasteiger partial charge on any atom is 0.250 e. The average Bonchev–Trinajstić information content (AvgIpc) is 2.55. The molecule has 1 amide bonds. The Morgan fingerprint density at radius 2 is 1.91 bits per heavy atom. The Morgan fingerprint density at radius 1 is 1.26 bits per heavy atom. The summed E-state index contributed by atoms with van der Waals surface area (Å²) in [5, 5.41) is 3.25. The second-order valence-electron chi connectivity index (χ2n) is 5.42. The largest absolute Gasteiger partial charge is 0.494 e. The summed E-state index contributed by atoms with van der Waals surface area (Å²) in [6, 6.07) is 7.59. The fraction of sp³-hybridized carbons (Fsp3) is 0.412. The van der Waals surface area contributed by atoms with Gasteiger partial charge in [-0.25, -0.2) is 0 Å². The van der Waals surface area contributed by atoms with Gasteiger partial charge in [-0.3, -0.25) is 10.1 Å². The first-order chi connectivity index (χ1) is 11.1. The Balaban J connectivity index is 1.82. The van der Waals surface area contributed by atoms with Crippen molar-refractivity contribution in [2.45, 2.75) is 6.92 Å². The zero-order valence-electron chi connectivity index (χ0n) is 13.6. The smallest absolute Gasteiger partial charge is 0.250 e. The van der Waals surface area contributed by atoms with Crippen molar-refractivity contribution in [3.63, 3.8) is 0 Å². The van der Waals surface area contributed by atoms with Gasteiger partial charge < -0.3 is 14.5 Å². The molecule has 1 aromatic rings. The normalized spacial score (nSPS) is 15.7. The molecule has 0 atom stereocenters. The summed E-state index contributed by atoms with van der Waals surface area (Å²) in [6.07, 6.45) is 3.26. The third-order valence-electron chi connectivity index (χ3n) is 3.64. The van der Waals surface area contributed by atoms with Crippen LogP contribution in [-0.4, -0.2) is 60.7 Å².